The summed E-state index contributed by atoms with van der Waals surface area (Å²) in [5, 5.41) is 13.0. The number of rotatable bonds is 8. The molecule has 3 rings (SSSR count). The number of piperidine rings is 1. The van der Waals surface area contributed by atoms with Crippen LogP contribution in [0, 0.1) is 0 Å². The van der Waals surface area contributed by atoms with Gasteiger partial charge in [0.1, 0.15) is 0 Å². The molecule has 0 spiro atoms. The minimum Gasteiger partial charge on any atom is -0.379 e. The number of hydrogen-bond acceptors (Lipinski definition) is 4. The number of nitrogens with zero attached hydrogens (tertiary/aromatic N) is 2. The summed E-state index contributed by atoms with van der Waals surface area (Å²) in [6.45, 7) is 2.62. The van der Waals surface area contributed by atoms with Crippen molar-refractivity contribution in [2.24, 2.45) is 0 Å². The van der Waals surface area contributed by atoms with Crippen LogP contribution in [0.1, 0.15) is 29.7 Å². The highest BCUT2D eigenvalue weighted by atomic mass is 32.1. The number of carbonyl (C=O) groups excluding carboxylic acids is 1. The molecule has 0 aliphatic carbocycles. The lowest BCUT2D eigenvalue weighted by Crippen LogP contribution is -2.58. The number of likely N-dealkylation sites (tertiary alicyclic amines) is 1. The van der Waals surface area contributed by atoms with E-state index in [1.54, 1.807) is 11.3 Å². The van der Waals surface area contributed by atoms with E-state index in [1.165, 1.54) is 10.4 Å². The molecule has 1 aliphatic rings. The van der Waals surface area contributed by atoms with Gasteiger partial charge < -0.3 is 10.0 Å². The zero-order valence-corrected chi connectivity index (χ0v) is 16.3. The molecule has 1 saturated heterocycles. The summed E-state index contributed by atoms with van der Waals surface area (Å²) >= 11 is 1.70. The van der Waals surface area contributed by atoms with Crippen molar-refractivity contribution < 1.29 is 9.90 Å². The molecule has 1 aliphatic heterocycles. The first-order valence-electron chi connectivity index (χ1n) is 9.33. The van der Waals surface area contributed by atoms with Gasteiger partial charge in [-0.2, -0.15) is 0 Å². The fraction of sp³-hybridized carbons (Fsp3) is 0.476. The second kappa shape index (κ2) is 8.80. The van der Waals surface area contributed by atoms with Crippen LogP contribution in [0.4, 0.5) is 0 Å². The van der Waals surface area contributed by atoms with Crippen LogP contribution in [0.15, 0.2) is 47.8 Å². The van der Waals surface area contributed by atoms with E-state index in [1.807, 2.05) is 36.2 Å². The lowest BCUT2D eigenvalue weighted by atomic mass is 9.91. The molecule has 0 bridgehead atoms. The molecule has 1 atom stereocenters. The second-order valence-electron chi connectivity index (χ2n) is 7.27. The van der Waals surface area contributed by atoms with Gasteiger partial charge in [0.25, 0.3) is 5.91 Å². The van der Waals surface area contributed by atoms with Crippen LogP contribution in [0.2, 0.25) is 0 Å². The van der Waals surface area contributed by atoms with Gasteiger partial charge in [-0.1, -0.05) is 36.4 Å². The Hall–Kier alpha value is -1.69. The highest BCUT2D eigenvalue weighted by Gasteiger charge is 2.42. The van der Waals surface area contributed by atoms with Crippen molar-refractivity contribution in [2.75, 3.05) is 26.7 Å². The topological polar surface area (TPSA) is 43.8 Å². The van der Waals surface area contributed by atoms with E-state index in [4.69, 9.17) is 0 Å². The van der Waals surface area contributed by atoms with Crippen molar-refractivity contribution >= 4 is 17.2 Å². The third kappa shape index (κ3) is 4.93. The van der Waals surface area contributed by atoms with E-state index in [0.717, 1.165) is 32.4 Å². The number of aryl methyl sites for hydroxylation is 1. The Morgan fingerprint density at radius 3 is 2.77 bits per heavy atom. The molecular formula is C21H28N2O2S. The molecule has 0 saturated carbocycles. The Labute approximate surface area is 160 Å². The summed E-state index contributed by atoms with van der Waals surface area (Å²) in [6.07, 6.45) is 3.30. The molecule has 1 aromatic heterocycles. The Morgan fingerprint density at radius 2 is 2.04 bits per heavy atom. The molecule has 5 heteroatoms. The maximum Gasteiger partial charge on any atom is 0.255 e. The molecule has 1 aromatic carbocycles. The van der Waals surface area contributed by atoms with Gasteiger partial charge in [-0.15, -0.1) is 11.3 Å². The molecule has 140 valence electrons. The monoisotopic (exact) mass is 372 g/mol. The standard InChI is InChI=1S/C21H28N2O2S/c1-22(16-19-11-6-15-26-19)17-21(25)12-7-14-23(20(21)24)13-5-10-18-8-3-2-4-9-18/h2-4,6,8-9,11,15,25H,5,7,10,12-14,16-17H2,1H3/t21-/m1/s1. The van der Waals surface area contributed by atoms with Crippen LogP contribution in [0.5, 0.6) is 0 Å². The zero-order chi connectivity index (χ0) is 18.4. The molecule has 2 aromatic rings. The van der Waals surface area contributed by atoms with Crippen LogP contribution in [0.3, 0.4) is 0 Å². The molecule has 2 heterocycles. The summed E-state index contributed by atoms with van der Waals surface area (Å²) in [7, 11) is 1.97. The maximum absolute atomic E-state index is 12.9. The highest BCUT2D eigenvalue weighted by Crippen LogP contribution is 2.25. The summed E-state index contributed by atoms with van der Waals surface area (Å²) in [5.74, 6) is -0.102. The number of benzene rings is 1. The molecular weight excluding hydrogens is 344 g/mol. The van der Waals surface area contributed by atoms with Crippen molar-refractivity contribution in [3.05, 3.63) is 58.3 Å². The first-order chi connectivity index (χ1) is 12.6. The summed E-state index contributed by atoms with van der Waals surface area (Å²) in [5.41, 5.74) is 0.0414. The normalized spacial score (nSPS) is 20.7. The predicted octanol–water partition coefficient (Wildman–Crippen LogP) is 3.17. The average molecular weight is 373 g/mol. The number of carbonyl (C=O) groups is 1. The van der Waals surface area contributed by atoms with Crippen molar-refractivity contribution in [3.8, 4) is 0 Å². The van der Waals surface area contributed by atoms with Crippen LogP contribution < -0.4 is 0 Å². The average Bonchev–Trinajstić information content (AvgIpc) is 3.12. The molecule has 26 heavy (non-hydrogen) atoms. The SMILES string of the molecule is CN(Cc1cccs1)C[C@]1(O)CCCN(CCCc2ccccc2)C1=O. The lowest BCUT2D eigenvalue weighted by molar-refractivity contribution is -0.159. The van der Waals surface area contributed by atoms with E-state index in [0.29, 0.717) is 19.5 Å². The van der Waals surface area contributed by atoms with Gasteiger partial charge >= 0.3 is 0 Å². The van der Waals surface area contributed by atoms with Gasteiger partial charge in [0.2, 0.25) is 0 Å². The fourth-order valence-electron chi connectivity index (χ4n) is 3.71. The van der Waals surface area contributed by atoms with E-state index in [9.17, 15) is 9.90 Å². The van der Waals surface area contributed by atoms with Crippen LogP contribution in [0.25, 0.3) is 0 Å². The first-order valence-corrected chi connectivity index (χ1v) is 10.2. The van der Waals surface area contributed by atoms with Gasteiger partial charge in [0, 0.05) is 31.1 Å². The van der Waals surface area contributed by atoms with Crippen molar-refractivity contribution in [3.63, 3.8) is 0 Å². The zero-order valence-electron chi connectivity index (χ0n) is 15.4. The minimum absolute atomic E-state index is 0.102. The van der Waals surface area contributed by atoms with Crippen molar-refractivity contribution in [1.29, 1.82) is 0 Å². The third-order valence-electron chi connectivity index (χ3n) is 4.98. The largest absolute Gasteiger partial charge is 0.379 e. The van der Waals surface area contributed by atoms with E-state index in [-0.39, 0.29) is 5.91 Å². The Balaban J connectivity index is 1.52. The molecule has 1 amide bonds. The summed E-state index contributed by atoms with van der Waals surface area (Å²) in [4.78, 5) is 18.0. The van der Waals surface area contributed by atoms with E-state index in [2.05, 4.69) is 28.5 Å². The first kappa shape index (κ1) is 19.1. The Bertz CT molecular complexity index is 689. The van der Waals surface area contributed by atoms with Gasteiger partial charge in [0.05, 0.1) is 0 Å². The van der Waals surface area contributed by atoms with Gasteiger partial charge in [0.15, 0.2) is 5.60 Å². The second-order valence-corrected chi connectivity index (χ2v) is 8.30. The smallest absolute Gasteiger partial charge is 0.255 e. The number of aliphatic hydroxyl groups is 1. The van der Waals surface area contributed by atoms with Crippen LogP contribution >= 0.6 is 11.3 Å². The molecule has 0 radical (unpaired) electrons. The van der Waals surface area contributed by atoms with Gasteiger partial charge in [-0.3, -0.25) is 9.69 Å². The van der Waals surface area contributed by atoms with Crippen LogP contribution in [-0.2, 0) is 17.8 Å². The summed E-state index contributed by atoms with van der Waals surface area (Å²) in [6, 6.07) is 14.5. The van der Waals surface area contributed by atoms with E-state index >= 15 is 0 Å². The predicted molar refractivity (Wildman–Crippen MR) is 106 cm³/mol. The van der Waals surface area contributed by atoms with Crippen molar-refractivity contribution in [1.82, 2.24) is 9.80 Å². The number of hydrogen-bond donors (Lipinski definition) is 1. The summed E-state index contributed by atoms with van der Waals surface area (Å²) < 4.78 is 0. The quantitative estimate of drug-likeness (QED) is 0.774. The molecule has 4 nitrogen and oxygen atoms in total. The van der Waals surface area contributed by atoms with Crippen LogP contribution in [-0.4, -0.2) is 53.1 Å². The van der Waals surface area contributed by atoms with E-state index < -0.39 is 5.60 Å². The molecule has 0 unspecified atom stereocenters. The Kier molecular flexibility index (Phi) is 6.46. The maximum atomic E-state index is 12.9. The number of thiophene rings is 1. The van der Waals surface area contributed by atoms with Gasteiger partial charge in [-0.25, -0.2) is 0 Å². The van der Waals surface area contributed by atoms with Gasteiger partial charge in [-0.05, 0) is 49.7 Å². The number of amides is 1. The lowest BCUT2D eigenvalue weighted by Gasteiger charge is -2.40. The highest BCUT2D eigenvalue weighted by molar-refractivity contribution is 7.09. The van der Waals surface area contributed by atoms with Crippen molar-refractivity contribution in [2.45, 2.75) is 37.8 Å². The third-order valence-corrected chi connectivity index (χ3v) is 5.84. The fourth-order valence-corrected chi connectivity index (χ4v) is 4.50. The number of likely N-dealkylation sites (N-methyl/N-ethyl adjacent to an activating group) is 1. The minimum atomic E-state index is -1.25. The molecule has 1 fully saturated rings. The Morgan fingerprint density at radius 1 is 1.23 bits per heavy atom. The molecule has 1 N–H and O–H groups in total.